The molecular weight excluding hydrogens is 236 g/mol. The highest BCUT2D eigenvalue weighted by molar-refractivity contribution is 7.81. The van der Waals surface area contributed by atoms with Gasteiger partial charge in [-0.3, -0.25) is 10.2 Å². The van der Waals surface area contributed by atoms with Crippen LogP contribution in [0.1, 0.15) is 10.8 Å². The summed E-state index contributed by atoms with van der Waals surface area (Å²) >= 11 is 9.92. The van der Waals surface area contributed by atoms with Crippen molar-refractivity contribution in [3.05, 3.63) is 28.8 Å². The summed E-state index contributed by atoms with van der Waals surface area (Å²) in [4.78, 5) is 11.3. The SMILES string of the molecule is COc1cc(Cl)ccc1C(S)C(=O)NN. The zero-order chi connectivity index (χ0) is 11.4. The molecule has 1 aromatic carbocycles. The number of nitrogens with two attached hydrogens (primary N) is 1. The maximum atomic E-state index is 11.3. The number of halogens is 1. The Balaban J connectivity index is 3.07. The van der Waals surface area contributed by atoms with E-state index in [0.29, 0.717) is 16.3 Å². The van der Waals surface area contributed by atoms with Gasteiger partial charge in [-0.15, -0.1) is 0 Å². The first kappa shape index (κ1) is 12.2. The van der Waals surface area contributed by atoms with E-state index in [4.69, 9.17) is 22.2 Å². The average Bonchev–Trinajstić information content (AvgIpc) is 2.26. The van der Waals surface area contributed by atoms with Crippen LogP contribution in [0, 0.1) is 0 Å². The topological polar surface area (TPSA) is 64.3 Å². The minimum Gasteiger partial charge on any atom is -0.496 e. The van der Waals surface area contributed by atoms with Crippen molar-refractivity contribution < 1.29 is 9.53 Å². The highest BCUT2D eigenvalue weighted by Gasteiger charge is 2.19. The van der Waals surface area contributed by atoms with Crippen molar-refractivity contribution in [2.75, 3.05) is 7.11 Å². The highest BCUT2D eigenvalue weighted by Crippen LogP contribution is 2.31. The predicted molar refractivity (Wildman–Crippen MR) is 62.1 cm³/mol. The van der Waals surface area contributed by atoms with E-state index >= 15 is 0 Å². The van der Waals surface area contributed by atoms with Crippen molar-refractivity contribution in [3.63, 3.8) is 0 Å². The Labute approximate surface area is 98.1 Å². The lowest BCUT2D eigenvalue weighted by Gasteiger charge is -2.13. The maximum absolute atomic E-state index is 11.3. The summed E-state index contributed by atoms with van der Waals surface area (Å²) in [5.41, 5.74) is 2.64. The van der Waals surface area contributed by atoms with Crippen LogP contribution in [0.3, 0.4) is 0 Å². The Hall–Kier alpha value is -0.910. The molecule has 15 heavy (non-hydrogen) atoms. The molecule has 3 N–H and O–H groups in total. The van der Waals surface area contributed by atoms with Crippen LogP contribution >= 0.6 is 24.2 Å². The molecule has 1 unspecified atom stereocenters. The first-order valence-corrected chi connectivity index (χ1v) is 5.01. The number of carbonyl (C=O) groups is 1. The van der Waals surface area contributed by atoms with Crippen LogP contribution in [-0.4, -0.2) is 13.0 Å². The fourth-order valence-corrected chi connectivity index (χ4v) is 1.58. The van der Waals surface area contributed by atoms with Crippen molar-refractivity contribution in [1.82, 2.24) is 5.43 Å². The second kappa shape index (κ2) is 5.25. The van der Waals surface area contributed by atoms with Crippen LogP contribution in [0.15, 0.2) is 18.2 Å². The third-order valence-electron chi connectivity index (χ3n) is 1.88. The van der Waals surface area contributed by atoms with Gasteiger partial charge in [0.2, 0.25) is 0 Å². The molecule has 0 heterocycles. The number of hydrogen-bond donors (Lipinski definition) is 3. The smallest absolute Gasteiger partial charge is 0.251 e. The lowest BCUT2D eigenvalue weighted by molar-refractivity contribution is -0.120. The number of hydrazine groups is 1. The van der Waals surface area contributed by atoms with Crippen molar-refractivity contribution in [2.24, 2.45) is 5.84 Å². The third-order valence-corrected chi connectivity index (χ3v) is 2.63. The summed E-state index contributed by atoms with van der Waals surface area (Å²) in [6, 6.07) is 4.95. The number of hydrogen-bond acceptors (Lipinski definition) is 4. The molecule has 0 saturated heterocycles. The standard InChI is InChI=1S/C9H11ClN2O2S/c1-14-7-4-5(10)2-3-6(7)8(15)9(13)12-11/h2-4,8,15H,11H2,1H3,(H,12,13). The number of benzene rings is 1. The van der Waals surface area contributed by atoms with Crippen molar-refractivity contribution >= 4 is 30.1 Å². The van der Waals surface area contributed by atoms with Gasteiger partial charge in [0.1, 0.15) is 11.0 Å². The van der Waals surface area contributed by atoms with E-state index in [1.165, 1.54) is 7.11 Å². The fraction of sp³-hybridized carbons (Fsp3) is 0.222. The molecule has 1 amide bonds. The zero-order valence-electron chi connectivity index (χ0n) is 8.03. The van der Waals surface area contributed by atoms with Gasteiger partial charge in [0, 0.05) is 10.6 Å². The van der Waals surface area contributed by atoms with Crippen LogP contribution in [-0.2, 0) is 4.79 Å². The van der Waals surface area contributed by atoms with Gasteiger partial charge in [-0.25, -0.2) is 5.84 Å². The molecule has 4 nitrogen and oxygen atoms in total. The van der Waals surface area contributed by atoms with Gasteiger partial charge in [-0.05, 0) is 12.1 Å². The van der Waals surface area contributed by atoms with E-state index < -0.39 is 11.2 Å². The molecule has 82 valence electrons. The van der Waals surface area contributed by atoms with E-state index in [2.05, 4.69) is 12.6 Å². The summed E-state index contributed by atoms with van der Waals surface area (Å²) < 4.78 is 5.09. The van der Waals surface area contributed by atoms with Gasteiger partial charge in [-0.1, -0.05) is 17.7 Å². The lowest BCUT2D eigenvalue weighted by atomic mass is 10.1. The summed E-state index contributed by atoms with van der Waals surface area (Å²) in [5.74, 6) is 5.12. The Kier molecular flexibility index (Phi) is 4.26. The number of ether oxygens (including phenoxy) is 1. The van der Waals surface area contributed by atoms with Crippen LogP contribution in [0.2, 0.25) is 5.02 Å². The average molecular weight is 247 g/mol. The Morgan fingerprint density at radius 3 is 2.87 bits per heavy atom. The summed E-state index contributed by atoms with van der Waals surface area (Å²) in [6.45, 7) is 0. The number of methoxy groups -OCH3 is 1. The molecule has 1 aromatic rings. The molecule has 0 spiro atoms. The minimum atomic E-state index is -0.679. The van der Waals surface area contributed by atoms with E-state index in [0.717, 1.165) is 0 Å². The lowest BCUT2D eigenvalue weighted by Crippen LogP contribution is -2.33. The van der Waals surface area contributed by atoms with Crippen LogP contribution in [0.4, 0.5) is 0 Å². The van der Waals surface area contributed by atoms with Gasteiger partial charge < -0.3 is 4.74 Å². The monoisotopic (exact) mass is 246 g/mol. The molecule has 1 rings (SSSR count). The zero-order valence-corrected chi connectivity index (χ0v) is 9.68. The van der Waals surface area contributed by atoms with Crippen molar-refractivity contribution in [3.8, 4) is 5.75 Å². The molecule has 0 radical (unpaired) electrons. The van der Waals surface area contributed by atoms with Gasteiger partial charge in [0.25, 0.3) is 5.91 Å². The maximum Gasteiger partial charge on any atom is 0.251 e. The van der Waals surface area contributed by atoms with Gasteiger partial charge >= 0.3 is 0 Å². The Morgan fingerprint density at radius 1 is 1.67 bits per heavy atom. The number of nitrogens with one attached hydrogen (secondary N) is 1. The Morgan fingerprint density at radius 2 is 2.33 bits per heavy atom. The van der Waals surface area contributed by atoms with Crippen molar-refractivity contribution in [2.45, 2.75) is 5.25 Å². The predicted octanol–water partition coefficient (Wildman–Crippen LogP) is 1.31. The van der Waals surface area contributed by atoms with Gasteiger partial charge in [0.05, 0.1) is 7.11 Å². The van der Waals surface area contributed by atoms with Gasteiger partial charge in [-0.2, -0.15) is 12.6 Å². The second-order valence-corrected chi connectivity index (χ2v) is 3.75. The molecular formula is C9H11ClN2O2S. The molecule has 0 saturated carbocycles. The molecule has 0 aromatic heterocycles. The van der Waals surface area contributed by atoms with E-state index in [-0.39, 0.29) is 0 Å². The Bertz CT molecular complexity index is 373. The number of carbonyl (C=O) groups excluding carboxylic acids is 1. The van der Waals surface area contributed by atoms with Gasteiger partial charge in [0.15, 0.2) is 0 Å². The first-order chi connectivity index (χ1) is 7.10. The molecule has 0 aliphatic carbocycles. The van der Waals surface area contributed by atoms with E-state index in [1.807, 2.05) is 5.43 Å². The van der Waals surface area contributed by atoms with E-state index in [1.54, 1.807) is 18.2 Å². The number of thiol groups is 1. The highest BCUT2D eigenvalue weighted by atomic mass is 35.5. The van der Waals surface area contributed by atoms with Crippen LogP contribution in [0.25, 0.3) is 0 Å². The minimum absolute atomic E-state index is 0.404. The quantitative estimate of drug-likeness (QED) is 0.326. The van der Waals surface area contributed by atoms with E-state index in [9.17, 15) is 4.79 Å². The second-order valence-electron chi connectivity index (χ2n) is 2.80. The normalized spacial score (nSPS) is 12.0. The molecule has 6 heteroatoms. The summed E-state index contributed by atoms with van der Waals surface area (Å²) in [6.07, 6.45) is 0. The molecule has 0 fully saturated rings. The molecule has 0 bridgehead atoms. The van der Waals surface area contributed by atoms with Crippen molar-refractivity contribution in [1.29, 1.82) is 0 Å². The molecule has 0 aliphatic rings. The third kappa shape index (κ3) is 2.77. The van der Waals surface area contributed by atoms with Crippen LogP contribution in [0.5, 0.6) is 5.75 Å². The summed E-state index contributed by atoms with van der Waals surface area (Å²) in [7, 11) is 1.50. The van der Waals surface area contributed by atoms with Crippen LogP contribution < -0.4 is 16.0 Å². The summed E-state index contributed by atoms with van der Waals surface area (Å²) in [5, 5.41) is -0.147. The fourth-order valence-electron chi connectivity index (χ4n) is 1.13. The first-order valence-electron chi connectivity index (χ1n) is 4.12. The molecule has 1 atom stereocenters. The number of rotatable bonds is 3. The number of amides is 1. The molecule has 0 aliphatic heterocycles. The largest absolute Gasteiger partial charge is 0.496 e.